The van der Waals surface area contributed by atoms with Crippen molar-refractivity contribution in [3.63, 3.8) is 0 Å². The molecule has 8 rings (SSSR count). The minimum atomic E-state index is -1.03. The maximum Gasteiger partial charge on any atom is 0.266 e. The van der Waals surface area contributed by atoms with Crippen molar-refractivity contribution < 1.29 is 33.4 Å². The summed E-state index contributed by atoms with van der Waals surface area (Å²) in [5.41, 5.74) is 2.49. The lowest BCUT2D eigenvalue weighted by Crippen LogP contribution is -2.74. The van der Waals surface area contributed by atoms with Crippen LogP contribution in [0.25, 0.3) is 0 Å². The van der Waals surface area contributed by atoms with Crippen molar-refractivity contribution >= 4 is 35.5 Å². The lowest BCUT2D eigenvalue weighted by Gasteiger charge is -2.63. The molecule has 0 spiro atoms. The predicted molar refractivity (Wildman–Crippen MR) is 233 cm³/mol. The molecular formula is C48H58N8O7. The molecule has 0 radical (unpaired) electrons. The van der Waals surface area contributed by atoms with E-state index >= 15 is 0 Å². The highest BCUT2D eigenvalue weighted by Crippen LogP contribution is 2.55. The van der Waals surface area contributed by atoms with Crippen LogP contribution < -0.4 is 25.0 Å². The summed E-state index contributed by atoms with van der Waals surface area (Å²) in [5, 5.41) is 15.0. The first-order chi connectivity index (χ1) is 29.9. The van der Waals surface area contributed by atoms with Crippen LogP contribution in [0.5, 0.6) is 11.5 Å². The minimum Gasteiger partial charge on any atom is -0.489 e. The monoisotopic (exact) mass is 858 g/mol. The second-order valence-electron chi connectivity index (χ2n) is 19.6. The first kappa shape index (κ1) is 43.8. The second kappa shape index (κ2) is 16.7. The number of nitrogens with one attached hydrogen (secondary N) is 2. The zero-order valence-electron chi connectivity index (χ0n) is 37.5. The number of amides is 5. The molecule has 2 aliphatic carbocycles. The van der Waals surface area contributed by atoms with Crippen LogP contribution in [0.1, 0.15) is 128 Å². The van der Waals surface area contributed by atoms with Crippen LogP contribution in [0.3, 0.4) is 0 Å². The molecule has 63 heavy (non-hydrogen) atoms. The summed E-state index contributed by atoms with van der Waals surface area (Å²) >= 11 is 0. The summed E-state index contributed by atoms with van der Waals surface area (Å²) in [4.78, 5) is 79.6. The van der Waals surface area contributed by atoms with Crippen LogP contribution in [0.2, 0.25) is 0 Å². The molecule has 2 N–H and O–H groups in total. The number of hydrogen-bond donors (Lipinski definition) is 2. The third-order valence-electron chi connectivity index (χ3n) is 14.2. The predicted octanol–water partition coefficient (Wildman–Crippen LogP) is 5.52. The van der Waals surface area contributed by atoms with E-state index < -0.39 is 29.7 Å². The maximum atomic E-state index is 13.6. The van der Waals surface area contributed by atoms with E-state index in [2.05, 4.69) is 78.0 Å². The van der Waals surface area contributed by atoms with Gasteiger partial charge in [-0.25, -0.2) is 9.97 Å². The van der Waals surface area contributed by atoms with Gasteiger partial charge in [0.05, 0.1) is 28.3 Å². The van der Waals surface area contributed by atoms with Crippen LogP contribution in [-0.4, -0.2) is 105 Å². The summed E-state index contributed by atoms with van der Waals surface area (Å²) in [7, 11) is 0. The van der Waals surface area contributed by atoms with Crippen molar-refractivity contribution in [2.24, 2.45) is 16.7 Å². The number of carbonyl (C=O) groups excluding carboxylic acids is 5. The number of hydrogen-bond acceptors (Lipinski definition) is 12. The van der Waals surface area contributed by atoms with Gasteiger partial charge >= 0.3 is 0 Å². The second-order valence-corrected chi connectivity index (χ2v) is 19.6. The van der Waals surface area contributed by atoms with E-state index in [1.54, 1.807) is 30.6 Å². The molecule has 2 saturated carbocycles. The molecule has 15 heteroatoms. The number of aromatic nitrogens is 2. The van der Waals surface area contributed by atoms with Crippen LogP contribution in [0.4, 0.5) is 5.95 Å². The van der Waals surface area contributed by atoms with Gasteiger partial charge in [0.15, 0.2) is 0 Å². The molecule has 0 unspecified atom stereocenters. The number of benzene rings is 2. The molecule has 4 heterocycles. The number of carbonyl (C=O) groups is 5. The normalized spacial score (nSPS) is 25.3. The molecule has 332 valence electrons. The number of piperidine rings is 2. The third-order valence-corrected chi connectivity index (χ3v) is 14.2. The Hall–Kier alpha value is -5.88. The molecule has 5 amide bonds. The Morgan fingerprint density at radius 3 is 2.22 bits per heavy atom. The number of anilines is 1. The van der Waals surface area contributed by atoms with E-state index in [9.17, 15) is 29.2 Å². The van der Waals surface area contributed by atoms with E-state index in [1.165, 1.54) is 0 Å². The van der Waals surface area contributed by atoms with Crippen molar-refractivity contribution in [3.8, 4) is 17.6 Å². The van der Waals surface area contributed by atoms with Gasteiger partial charge in [0.1, 0.15) is 29.7 Å². The molecule has 1 atom stereocenters. The number of nitriles is 1. The molecule has 5 aliphatic rings. The van der Waals surface area contributed by atoms with E-state index in [1.807, 2.05) is 26.0 Å². The van der Waals surface area contributed by atoms with Crippen molar-refractivity contribution in [1.82, 2.24) is 30.4 Å². The molecule has 3 aromatic rings. The lowest BCUT2D eigenvalue weighted by atomic mass is 9.49. The Kier molecular flexibility index (Phi) is 11.6. The van der Waals surface area contributed by atoms with Crippen LogP contribution in [-0.2, 0) is 9.59 Å². The van der Waals surface area contributed by atoms with E-state index in [0.717, 1.165) is 67.1 Å². The molecule has 4 fully saturated rings. The summed E-state index contributed by atoms with van der Waals surface area (Å²) in [6.45, 7) is 19.2. The van der Waals surface area contributed by atoms with Gasteiger partial charge in [-0.1, -0.05) is 33.8 Å². The third kappa shape index (κ3) is 8.02. The summed E-state index contributed by atoms with van der Waals surface area (Å²) in [5.74, 6) is -0.215. The molecule has 15 nitrogen and oxygen atoms in total. The standard InChI is InChI=1S/C48H58N8O7/c1-26(2)55(31-20-33(21-31)62-37-11-9-10-34-39(37)43(61)56(42(34)60)36-12-13-38(57)52-41(36)59)25-29-14-16-54(17-15-29)46-50-23-30(24-51-46)40(58)53-44-47(5,6)45(48(44,7)8)63-32-18-27(3)35(22-49)28(4)19-32/h9-11,18-19,23-24,26,29,31,33,36,44-45H,12-17,20-21,25H2,1-8H3,(H,53,58)(H,52,57,59)/t31?,33?,36-,44?,45?/m1/s1. The highest BCUT2D eigenvalue weighted by molar-refractivity contribution is 6.24. The molecular weight excluding hydrogens is 801 g/mol. The lowest BCUT2D eigenvalue weighted by molar-refractivity contribution is -0.164. The molecule has 0 bridgehead atoms. The van der Waals surface area contributed by atoms with Gasteiger partial charge in [0.25, 0.3) is 17.7 Å². The Bertz CT molecular complexity index is 2340. The average molecular weight is 859 g/mol. The zero-order chi connectivity index (χ0) is 45.1. The summed E-state index contributed by atoms with van der Waals surface area (Å²) in [6, 6.07) is 10.5. The number of nitrogens with zero attached hydrogens (tertiary/aromatic N) is 6. The highest BCUT2D eigenvalue weighted by atomic mass is 16.5. The van der Waals surface area contributed by atoms with Crippen LogP contribution in [0.15, 0.2) is 42.7 Å². The minimum absolute atomic E-state index is 0.0625. The van der Waals surface area contributed by atoms with Crippen molar-refractivity contribution in [2.75, 3.05) is 24.5 Å². The topological polar surface area (TPSA) is 187 Å². The molecule has 1 aromatic heterocycles. The van der Waals surface area contributed by atoms with E-state index in [0.29, 0.717) is 40.8 Å². The Labute approximate surface area is 368 Å². The fraction of sp³-hybridized carbons (Fsp3) is 0.542. The van der Waals surface area contributed by atoms with Gasteiger partial charge in [-0.3, -0.25) is 39.1 Å². The van der Waals surface area contributed by atoms with Gasteiger partial charge in [0, 0.05) is 80.2 Å². The highest BCUT2D eigenvalue weighted by Gasteiger charge is 2.64. The Morgan fingerprint density at radius 2 is 1.62 bits per heavy atom. The summed E-state index contributed by atoms with van der Waals surface area (Å²) in [6.07, 6.45) is 6.63. The van der Waals surface area contributed by atoms with Gasteiger partial charge < -0.3 is 19.7 Å². The van der Waals surface area contributed by atoms with Crippen LogP contribution >= 0.6 is 0 Å². The first-order valence-corrected chi connectivity index (χ1v) is 22.2. The zero-order valence-corrected chi connectivity index (χ0v) is 37.5. The van der Waals surface area contributed by atoms with E-state index in [-0.39, 0.29) is 59.0 Å². The summed E-state index contributed by atoms with van der Waals surface area (Å²) < 4.78 is 12.9. The fourth-order valence-electron chi connectivity index (χ4n) is 11.0. The molecule has 2 aromatic carbocycles. The quantitative estimate of drug-likeness (QED) is 0.218. The molecule has 2 saturated heterocycles. The smallest absolute Gasteiger partial charge is 0.266 e. The van der Waals surface area contributed by atoms with Crippen molar-refractivity contribution in [1.29, 1.82) is 5.26 Å². The van der Waals surface area contributed by atoms with Gasteiger partial charge in [-0.05, 0) is 88.3 Å². The Balaban J connectivity index is 0.811. The molecule has 3 aliphatic heterocycles. The number of fused-ring (bicyclic) bond motifs is 1. The maximum absolute atomic E-state index is 13.6. The number of ether oxygens (including phenoxy) is 2. The average Bonchev–Trinajstić information content (AvgIpc) is 3.48. The van der Waals surface area contributed by atoms with E-state index in [4.69, 9.17) is 9.47 Å². The Morgan fingerprint density at radius 1 is 0.968 bits per heavy atom. The van der Waals surface area contributed by atoms with Gasteiger partial charge in [-0.15, -0.1) is 0 Å². The first-order valence-electron chi connectivity index (χ1n) is 22.2. The van der Waals surface area contributed by atoms with Crippen molar-refractivity contribution in [2.45, 2.75) is 130 Å². The number of rotatable bonds is 12. The van der Waals surface area contributed by atoms with Gasteiger partial charge in [-0.2, -0.15) is 5.26 Å². The number of aryl methyl sites for hydroxylation is 2. The largest absolute Gasteiger partial charge is 0.489 e. The van der Waals surface area contributed by atoms with Gasteiger partial charge in [0.2, 0.25) is 17.8 Å². The SMILES string of the molecule is Cc1cc(OC2C(C)(C)C(NC(=O)c3cnc(N4CCC(CN(C(C)C)C5CC(Oc6cccc7c6C(=O)N([C@@H]6CCC(=O)NC6=O)C7=O)C5)CC4)nc3)C2(C)C)cc(C)c1C#N. The number of imide groups is 2. The van der Waals surface area contributed by atoms with Crippen molar-refractivity contribution in [3.05, 3.63) is 76.1 Å². The van der Waals surface area contributed by atoms with Crippen LogP contribution in [0, 0.1) is 41.9 Å². The fourth-order valence-corrected chi connectivity index (χ4v) is 11.0.